The van der Waals surface area contributed by atoms with Crippen LogP contribution in [0.2, 0.25) is 10.0 Å². The van der Waals surface area contributed by atoms with Crippen molar-refractivity contribution in [3.63, 3.8) is 0 Å². The minimum absolute atomic E-state index is 0.101. The van der Waals surface area contributed by atoms with Gasteiger partial charge in [-0.1, -0.05) is 35.3 Å². The summed E-state index contributed by atoms with van der Waals surface area (Å²) in [7, 11) is 0. The van der Waals surface area contributed by atoms with Gasteiger partial charge in [0.2, 0.25) is 5.91 Å². The first-order chi connectivity index (χ1) is 10.1. The van der Waals surface area contributed by atoms with E-state index in [-0.39, 0.29) is 5.91 Å². The monoisotopic (exact) mass is 320 g/mol. The van der Waals surface area contributed by atoms with Gasteiger partial charge in [0.05, 0.1) is 12.2 Å². The molecule has 0 atom stereocenters. The fourth-order valence-corrected chi connectivity index (χ4v) is 3.12. The summed E-state index contributed by atoms with van der Waals surface area (Å²) in [5.74, 6) is 0.101. The van der Waals surface area contributed by atoms with Crippen molar-refractivity contribution in [1.29, 1.82) is 0 Å². The molecule has 0 N–H and O–H groups in total. The molecule has 2 heterocycles. The molecule has 1 aromatic carbocycles. The Morgan fingerprint density at radius 3 is 2.62 bits per heavy atom. The van der Waals surface area contributed by atoms with Gasteiger partial charge >= 0.3 is 0 Å². The maximum absolute atomic E-state index is 12.3. The zero-order valence-corrected chi connectivity index (χ0v) is 12.9. The van der Waals surface area contributed by atoms with Gasteiger partial charge in [0.15, 0.2) is 0 Å². The van der Waals surface area contributed by atoms with Crippen molar-refractivity contribution >= 4 is 29.1 Å². The van der Waals surface area contributed by atoms with Gasteiger partial charge in [-0.15, -0.1) is 0 Å². The second kappa shape index (κ2) is 6.04. The van der Waals surface area contributed by atoms with Gasteiger partial charge in [-0.3, -0.25) is 9.78 Å². The van der Waals surface area contributed by atoms with E-state index >= 15 is 0 Å². The normalized spacial score (nSPS) is 13.3. The standard InChI is InChI=1S/C16H14Cl2N2O/c17-13-4-1-5-14(18)12(13)6-7-16(21)20-9-11-3-2-8-19-15(11)10-20/h1-5,8H,6-7,9-10H2. The van der Waals surface area contributed by atoms with Crippen LogP contribution in [0.1, 0.15) is 23.2 Å². The van der Waals surface area contributed by atoms with Gasteiger partial charge in [0.1, 0.15) is 0 Å². The van der Waals surface area contributed by atoms with E-state index in [4.69, 9.17) is 23.2 Å². The maximum Gasteiger partial charge on any atom is 0.223 e. The highest BCUT2D eigenvalue weighted by molar-refractivity contribution is 6.36. The lowest BCUT2D eigenvalue weighted by atomic mass is 10.1. The summed E-state index contributed by atoms with van der Waals surface area (Å²) >= 11 is 12.3. The first-order valence-corrected chi connectivity index (χ1v) is 7.54. The molecule has 0 saturated heterocycles. The summed E-state index contributed by atoms with van der Waals surface area (Å²) in [4.78, 5) is 18.4. The number of rotatable bonds is 3. The molecular formula is C16H14Cl2N2O. The highest BCUT2D eigenvalue weighted by Gasteiger charge is 2.23. The molecule has 0 radical (unpaired) electrons. The SMILES string of the molecule is O=C(CCc1c(Cl)cccc1Cl)N1Cc2cccnc2C1. The van der Waals surface area contributed by atoms with Crippen LogP contribution in [0.4, 0.5) is 0 Å². The van der Waals surface area contributed by atoms with Crippen molar-refractivity contribution in [2.75, 3.05) is 0 Å². The number of nitrogens with zero attached hydrogens (tertiary/aromatic N) is 2. The Morgan fingerprint density at radius 1 is 1.14 bits per heavy atom. The smallest absolute Gasteiger partial charge is 0.223 e. The Labute approximate surface area is 133 Å². The lowest BCUT2D eigenvalue weighted by Crippen LogP contribution is -2.25. The zero-order valence-electron chi connectivity index (χ0n) is 11.4. The zero-order chi connectivity index (χ0) is 14.8. The molecule has 0 saturated carbocycles. The average molecular weight is 321 g/mol. The van der Waals surface area contributed by atoms with E-state index in [9.17, 15) is 4.79 Å². The van der Waals surface area contributed by atoms with Gasteiger partial charge in [0, 0.05) is 29.2 Å². The highest BCUT2D eigenvalue weighted by Crippen LogP contribution is 2.27. The molecule has 0 fully saturated rings. The third-order valence-electron chi connectivity index (χ3n) is 3.69. The molecule has 1 aliphatic heterocycles. The molecule has 1 aliphatic rings. The van der Waals surface area contributed by atoms with Crippen LogP contribution in [0.3, 0.4) is 0 Å². The second-order valence-corrected chi connectivity index (χ2v) is 5.87. The van der Waals surface area contributed by atoms with Crippen molar-refractivity contribution < 1.29 is 4.79 Å². The van der Waals surface area contributed by atoms with Crippen molar-refractivity contribution in [2.24, 2.45) is 0 Å². The minimum Gasteiger partial charge on any atom is -0.332 e. The number of halogens is 2. The molecule has 5 heteroatoms. The fourth-order valence-electron chi connectivity index (χ4n) is 2.54. The van der Waals surface area contributed by atoms with Crippen molar-refractivity contribution in [1.82, 2.24) is 9.88 Å². The number of hydrogen-bond donors (Lipinski definition) is 0. The predicted molar refractivity (Wildman–Crippen MR) is 83.3 cm³/mol. The summed E-state index contributed by atoms with van der Waals surface area (Å²) in [5.41, 5.74) is 2.95. The van der Waals surface area contributed by atoms with E-state index < -0.39 is 0 Å². The quantitative estimate of drug-likeness (QED) is 0.860. The Hall–Kier alpha value is -1.58. The van der Waals surface area contributed by atoms with Crippen LogP contribution >= 0.6 is 23.2 Å². The first-order valence-electron chi connectivity index (χ1n) is 6.78. The van der Waals surface area contributed by atoms with E-state index in [0.29, 0.717) is 36.0 Å². The number of carbonyl (C=O) groups excluding carboxylic acids is 1. The summed E-state index contributed by atoms with van der Waals surface area (Å²) in [6, 6.07) is 9.31. The van der Waals surface area contributed by atoms with Crippen LogP contribution in [0.15, 0.2) is 36.5 Å². The Morgan fingerprint density at radius 2 is 1.90 bits per heavy atom. The molecule has 1 amide bonds. The van der Waals surface area contributed by atoms with Crippen LogP contribution in [0, 0.1) is 0 Å². The molecule has 3 rings (SSSR count). The van der Waals surface area contributed by atoms with Crippen molar-refractivity contribution in [2.45, 2.75) is 25.9 Å². The molecule has 2 aromatic rings. The van der Waals surface area contributed by atoms with E-state index in [2.05, 4.69) is 4.98 Å². The van der Waals surface area contributed by atoms with Gasteiger partial charge < -0.3 is 4.90 Å². The topological polar surface area (TPSA) is 33.2 Å². The highest BCUT2D eigenvalue weighted by atomic mass is 35.5. The number of pyridine rings is 1. The van der Waals surface area contributed by atoms with Gasteiger partial charge in [-0.25, -0.2) is 0 Å². The number of amides is 1. The number of aromatic nitrogens is 1. The fraction of sp³-hybridized carbons (Fsp3) is 0.250. The molecule has 1 aromatic heterocycles. The molecule has 0 aliphatic carbocycles. The van der Waals surface area contributed by atoms with E-state index in [1.807, 2.05) is 17.0 Å². The lowest BCUT2D eigenvalue weighted by Gasteiger charge is -2.15. The van der Waals surface area contributed by atoms with E-state index in [1.165, 1.54) is 0 Å². The summed E-state index contributed by atoms with van der Waals surface area (Å²) in [6.07, 6.45) is 2.71. The van der Waals surface area contributed by atoms with Gasteiger partial charge in [-0.05, 0) is 35.7 Å². The molecule has 0 bridgehead atoms. The molecular weight excluding hydrogens is 307 g/mol. The first kappa shape index (κ1) is 14.4. The van der Waals surface area contributed by atoms with E-state index in [1.54, 1.807) is 24.4 Å². The third-order valence-corrected chi connectivity index (χ3v) is 4.40. The minimum atomic E-state index is 0.101. The van der Waals surface area contributed by atoms with Crippen LogP contribution in [-0.2, 0) is 24.3 Å². The Bertz CT molecular complexity index is 642. The lowest BCUT2D eigenvalue weighted by molar-refractivity contribution is -0.131. The van der Waals surface area contributed by atoms with E-state index in [0.717, 1.165) is 16.8 Å². The predicted octanol–water partition coefficient (Wildman–Crippen LogP) is 3.86. The average Bonchev–Trinajstić information content (AvgIpc) is 2.90. The largest absolute Gasteiger partial charge is 0.332 e. The maximum atomic E-state index is 12.3. The van der Waals surface area contributed by atoms with Crippen LogP contribution in [-0.4, -0.2) is 15.8 Å². The van der Waals surface area contributed by atoms with Crippen LogP contribution in [0.5, 0.6) is 0 Å². The van der Waals surface area contributed by atoms with Gasteiger partial charge in [-0.2, -0.15) is 0 Å². The summed E-state index contributed by atoms with van der Waals surface area (Å²) in [6.45, 7) is 1.23. The molecule has 108 valence electrons. The number of fused-ring (bicyclic) bond motifs is 1. The van der Waals surface area contributed by atoms with Gasteiger partial charge in [0.25, 0.3) is 0 Å². The molecule has 21 heavy (non-hydrogen) atoms. The summed E-state index contributed by atoms with van der Waals surface area (Å²) in [5, 5.41) is 1.23. The van der Waals surface area contributed by atoms with Crippen LogP contribution < -0.4 is 0 Å². The van der Waals surface area contributed by atoms with Crippen molar-refractivity contribution in [3.05, 3.63) is 63.4 Å². The summed E-state index contributed by atoms with van der Waals surface area (Å²) < 4.78 is 0. The number of benzene rings is 1. The van der Waals surface area contributed by atoms with Crippen LogP contribution in [0.25, 0.3) is 0 Å². The third kappa shape index (κ3) is 3.04. The number of carbonyl (C=O) groups is 1. The second-order valence-electron chi connectivity index (χ2n) is 5.06. The Kier molecular flexibility index (Phi) is 4.13. The van der Waals surface area contributed by atoms with Crippen molar-refractivity contribution in [3.8, 4) is 0 Å². The molecule has 3 nitrogen and oxygen atoms in total. The number of hydrogen-bond acceptors (Lipinski definition) is 2. The molecule has 0 spiro atoms. The molecule has 0 unspecified atom stereocenters. The Balaban J connectivity index is 1.64.